The van der Waals surface area contributed by atoms with Crippen molar-refractivity contribution in [3.8, 4) is 44.5 Å². The van der Waals surface area contributed by atoms with Gasteiger partial charge in [0.05, 0.1) is 22.1 Å². The Morgan fingerprint density at radius 3 is 1.07 bits per heavy atom. The van der Waals surface area contributed by atoms with Crippen LogP contribution in [-0.2, 0) is 12.8 Å². The smallest absolute Gasteiger partial charge is 0.0801 e. The highest BCUT2D eigenvalue weighted by Crippen LogP contribution is 2.51. The molecule has 344 valence electrons. The number of hydrogen-bond acceptors (Lipinski definition) is 2. The fourth-order valence-electron chi connectivity index (χ4n) is 12.2. The fraction of sp³-hybridized carbons (Fsp3) is 0.143. The zero-order valence-corrected chi connectivity index (χ0v) is 41.8. The Morgan fingerprint density at radius 2 is 0.667 bits per heavy atom. The summed E-state index contributed by atoms with van der Waals surface area (Å²) >= 11 is 0. The maximum atomic E-state index is 5.78. The SMILES string of the molecule is CCc1ccc2cc(-c3c4cc(-c5ccc(C(C)C)cc5)ccc4c4nc5ccc6c(-c7ccc8cc(CC)ccc8c7)c7cc(-c8ccc(C(C)C)cc8)ccc7c7nc8ccc3c4c8c5c67)ccc2c1. The predicted octanol–water partition coefficient (Wildman–Crippen LogP) is 19.8. The van der Waals surface area contributed by atoms with Crippen LogP contribution in [0.1, 0.15) is 75.6 Å². The number of pyridine rings is 2. The molecule has 2 heteroatoms. The van der Waals surface area contributed by atoms with Gasteiger partial charge >= 0.3 is 0 Å². The van der Waals surface area contributed by atoms with E-state index in [1.807, 2.05) is 0 Å². The maximum Gasteiger partial charge on any atom is 0.0801 e. The molecule has 0 amide bonds. The summed E-state index contributed by atoms with van der Waals surface area (Å²) < 4.78 is 0. The molecule has 0 fully saturated rings. The molecule has 0 aliphatic rings. The Balaban J connectivity index is 1.09. The number of aromatic nitrogens is 2. The van der Waals surface area contributed by atoms with Crippen molar-refractivity contribution in [1.82, 2.24) is 9.97 Å². The lowest BCUT2D eigenvalue weighted by molar-refractivity contribution is 0.867. The Morgan fingerprint density at radius 1 is 0.306 bits per heavy atom. The molecule has 0 radical (unpaired) electrons. The van der Waals surface area contributed by atoms with E-state index in [-0.39, 0.29) is 0 Å². The van der Waals surface area contributed by atoms with E-state index in [9.17, 15) is 0 Å². The third-order valence-corrected chi connectivity index (χ3v) is 16.2. The number of aryl methyl sites for hydroxylation is 2. The molecule has 0 N–H and O–H groups in total. The van der Waals surface area contributed by atoms with E-state index in [4.69, 9.17) is 9.97 Å². The van der Waals surface area contributed by atoms with Crippen molar-refractivity contribution >= 4 is 97.5 Å². The van der Waals surface area contributed by atoms with Crippen molar-refractivity contribution < 1.29 is 0 Å². The van der Waals surface area contributed by atoms with Gasteiger partial charge in [0.25, 0.3) is 0 Å². The van der Waals surface area contributed by atoms with Crippen LogP contribution in [0.3, 0.4) is 0 Å². The molecule has 0 aliphatic carbocycles. The summed E-state index contributed by atoms with van der Waals surface area (Å²) in [7, 11) is 0. The van der Waals surface area contributed by atoms with Crippen molar-refractivity contribution in [1.29, 1.82) is 0 Å². The van der Waals surface area contributed by atoms with Crippen molar-refractivity contribution in [2.45, 2.75) is 66.2 Å². The number of nitrogens with zero attached hydrogens (tertiary/aromatic N) is 2. The molecular weight excluding hydrogens is 869 g/mol. The van der Waals surface area contributed by atoms with Gasteiger partial charge in [-0.1, -0.05) is 187 Å². The lowest BCUT2D eigenvalue weighted by Gasteiger charge is -2.22. The average molecular weight is 923 g/mol. The van der Waals surface area contributed by atoms with Crippen molar-refractivity contribution in [3.05, 3.63) is 204 Å². The van der Waals surface area contributed by atoms with Crippen molar-refractivity contribution in [3.63, 3.8) is 0 Å². The number of fused-ring (bicyclic) bond motifs is 6. The van der Waals surface area contributed by atoms with E-state index >= 15 is 0 Å². The molecule has 0 aliphatic heterocycles. The molecule has 14 rings (SSSR count). The second-order valence-electron chi connectivity index (χ2n) is 21.0. The summed E-state index contributed by atoms with van der Waals surface area (Å²) in [6.45, 7) is 13.5. The summed E-state index contributed by atoms with van der Waals surface area (Å²) in [5.74, 6) is 0.949. The molecule has 72 heavy (non-hydrogen) atoms. The molecule has 0 unspecified atom stereocenters. The molecule has 12 aromatic carbocycles. The van der Waals surface area contributed by atoms with Gasteiger partial charge in [-0.15, -0.1) is 0 Å². The molecule has 14 aromatic rings. The Hall–Kier alpha value is -8.20. The summed E-state index contributed by atoms with van der Waals surface area (Å²) in [5.41, 5.74) is 19.2. The molecule has 0 saturated carbocycles. The van der Waals surface area contributed by atoms with E-state index in [2.05, 4.69) is 224 Å². The molecule has 0 spiro atoms. The Bertz CT molecular complexity index is 4210. The summed E-state index contributed by atoms with van der Waals surface area (Å²) in [4.78, 5) is 11.6. The largest absolute Gasteiger partial charge is 0.247 e. The molecular formula is C70H54N2. The third kappa shape index (κ3) is 6.48. The van der Waals surface area contributed by atoms with Gasteiger partial charge < -0.3 is 0 Å². The first-order valence-electron chi connectivity index (χ1n) is 26.0. The lowest BCUT2D eigenvalue weighted by Crippen LogP contribution is -1.99. The summed E-state index contributed by atoms with van der Waals surface area (Å²) in [6.07, 6.45) is 2.03. The Kier molecular flexibility index (Phi) is 9.58. The van der Waals surface area contributed by atoms with Crippen LogP contribution in [-0.4, -0.2) is 9.97 Å². The van der Waals surface area contributed by atoms with Gasteiger partial charge in [-0.3, -0.25) is 0 Å². The van der Waals surface area contributed by atoms with Crippen molar-refractivity contribution in [2.24, 2.45) is 0 Å². The first-order chi connectivity index (χ1) is 35.2. The predicted molar refractivity (Wildman–Crippen MR) is 311 cm³/mol. The normalized spacial score (nSPS) is 12.4. The second kappa shape index (κ2) is 16.2. The topological polar surface area (TPSA) is 25.8 Å². The maximum absolute atomic E-state index is 5.78. The van der Waals surface area contributed by atoms with Crippen LogP contribution < -0.4 is 0 Å². The van der Waals surface area contributed by atoms with Crippen LogP contribution in [0, 0.1) is 0 Å². The van der Waals surface area contributed by atoms with Crippen LogP contribution in [0.4, 0.5) is 0 Å². The van der Waals surface area contributed by atoms with Crippen LogP contribution in [0.15, 0.2) is 182 Å². The van der Waals surface area contributed by atoms with Gasteiger partial charge in [0.1, 0.15) is 0 Å². The van der Waals surface area contributed by atoms with Gasteiger partial charge in [-0.2, -0.15) is 0 Å². The highest BCUT2D eigenvalue weighted by molar-refractivity contribution is 6.41. The van der Waals surface area contributed by atoms with Gasteiger partial charge in [-0.05, 0) is 171 Å². The zero-order chi connectivity index (χ0) is 48.5. The highest BCUT2D eigenvalue weighted by Gasteiger charge is 2.26. The quantitative estimate of drug-likeness (QED) is 0.112. The standard InChI is InChI=1S/C70H54N2/c1-7-41-9-11-49-35-53(23-21-47(49)33-41)63-57-29-31-61-67-65(57)69(55-27-25-51(37-59(55)63)45-17-13-43(14-18-45)39(3)4)71-62-32-30-58-64(54-24-22-48-34-42(8-2)10-12-50(48)36-54)60-38-52(46-19-15-44(16-20-46)40(5)6)26-28-56(60)70(72-61)66(58)68(62)67/h9-40H,7-8H2,1-6H3. The zero-order valence-electron chi connectivity index (χ0n) is 41.8. The van der Waals surface area contributed by atoms with E-state index in [0.29, 0.717) is 11.8 Å². The summed E-state index contributed by atoms with van der Waals surface area (Å²) in [6, 6.07) is 69.6. The van der Waals surface area contributed by atoms with Gasteiger partial charge in [0.2, 0.25) is 0 Å². The van der Waals surface area contributed by atoms with Gasteiger partial charge in [-0.25, -0.2) is 9.97 Å². The second-order valence-corrected chi connectivity index (χ2v) is 21.0. The number of hydrogen-bond donors (Lipinski definition) is 0. The fourth-order valence-corrected chi connectivity index (χ4v) is 12.2. The van der Waals surface area contributed by atoms with Crippen LogP contribution in [0.2, 0.25) is 0 Å². The Labute approximate surface area is 420 Å². The first kappa shape index (κ1) is 42.7. The third-order valence-electron chi connectivity index (χ3n) is 16.2. The molecule has 2 nitrogen and oxygen atoms in total. The van der Waals surface area contributed by atoms with Crippen LogP contribution in [0.25, 0.3) is 142 Å². The molecule has 0 atom stereocenters. The summed E-state index contributed by atoms with van der Waals surface area (Å²) in [5, 5.41) is 16.9. The van der Waals surface area contributed by atoms with E-state index < -0.39 is 0 Å². The molecule has 0 bridgehead atoms. The van der Waals surface area contributed by atoms with E-state index in [1.54, 1.807) is 0 Å². The van der Waals surface area contributed by atoms with E-state index in [0.717, 1.165) is 45.7 Å². The monoisotopic (exact) mass is 922 g/mol. The molecule has 2 aromatic heterocycles. The molecule has 2 heterocycles. The first-order valence-corrected chi connectivity index (χ1v) is 26.0. The number of benzene rings is 12. The van der Waals surface area contributed by atoms with Gasteiger partial charge in [0, 0.05) is 32.3 Å². The molecule has 0 saturated heterocycles. The lowest BCUT2D eigenvalue weighted by atomic mass is 9.83. The van der Waals surface area contributed by atoms with Crippen LogP contribution in [0.5, 0.6) is 0 Å². The minimum Gasteiger partial charge on any atom is -0.247 e. The highest BCUT2D eigenvalue weighted by atomic mass is 14.7. The number of rotatable bonds is 8. The average Bonchev–Trinajstić information content (AvgIpc) is 3.42. The van der Waals surface area contributed by atoms with Crippen molar-refractivity contribution in [2.75, 3.05) is 0 Å². The minimum atomic E-state index is 0.474. The van der Waals surface area contributed by atoms with Crippen LogP contribution >= 0.6 is 0 Å². The van der Waals surface area contributed by atoms with Gasteiger partial charge in [0.15, 0.2) is 0 Å². The minimum absolute atomic E-state index is 0.474. The van der Waals surface area contributed by atoms with E-state index in [1.165, 1.54) is 131 Å².